The summed E-state index contributed by atoms with van der Waals surface area (Å²) in [5.74, 6) is 0.698. The number of benzene rings is 1. The zero-order valence-electron chi connectivity index (χ0n) is 17.1. The van der Waals surface area contributed by atoms with E-state index in [-0.39, 0.29) is 5.91 Å². The fourth-order valence-electron chi connectivity index (χ4n) is 3.62. The molecule has 0 saturated carbocycles. The van der Waals surface area contributed by atoms with E-state index in [1.165, 1.54) is 11.3 Å². The van der Waals surface area contributed by atoms with E-state index < -0.39 is 0 Å². The second kappa shape index (κ2) is 8.61. The van der Waals surface area contributed by atoms with Crippen LogP contribution < -0.4 is 4.90 Å². The predicted octanol–water partition coefficient (Wildman–Crippen LogP) is 3.22. The van der Waals surface area contributed by atoms with Crippen LogP contribution >= 0.6 is 11.3 Å². The molecule has 0 N–H and O–H groups in total. The van der Waals surface area contributed by atoms with Gasteiger partial charge in [0.15, 0.2) is 0 Å². The van der Waals surface area contributed by atoms with E-state index in [1.54, 1.807) is 29.2 Å². The van der Waals surface area contributed by atoms with E-state index in [2.05, 4.69) is 26.0 Å². The second-order valence-corrected chi connectivity index (χ2v) is 8.20. The van der Waals surface area contributed by atoms with E-state index >= 15 is 0 Å². The molecule has 1 amide bonds. The van der Waals surface area contributed by atoms with Crippen molar-refractivity contribution in [3.63, 3.8) is 0 Å². The molecule has 8 nitrogen and oxygen atoms in total. The second-order valence-electron chi connectivity index (χ2n) is 7.34. The Kier molecular flexibility index (Phi) is 5.35. The van der Waals surface area contributed by atoms with Crippen molar-refractivity contribution < 1.29 is 4.79 Å². The third-order valence-corrected chi connectivity index (χ3v) is 6.23. The molecule has 0 radical (unpaired) electrons. The van der Waals surface area contributed by atoms with Crippen LogP contribution in [-0.2, 0) is 0 Å². The molecule has 158 valence electrons. The molecule has 0 unspecified atom stereocenters. The number of para-hydroxylation sites is 1. The number of hydrogen-bond donors (Lipinski definition) is 0. The van der Waals surface area contributed by atoms with Gasteiger partial charge in [-0.05, 0) is 24.3 Å². The molecule has 0 spiro atoms. The van der Waals surface area contributed by atoms with Gasteiger partial charge in [-0.2, -0.15) is 10.4 Å². The molecule has 1 fully saturated rings. The molecule has 0 atom stereocenters. The summed E-state index contributed by atoms with van der Waals surface area (Å²) in [6.45, 7) is 2.48. The van der Waals surface area contributed by atoms with Gasteiger partial charge in [-0.3, -0.25) is 4.79 Å². The number of carbonyl (C=O) groups excluding carboxylic acids is 1. The summed E-state index contributed by atoms with van der Waals surface area (Å²) in [6, 6.07) is 15.5. The number of hydrogen-bond acceptors (Lipinski definition) is 7. The lowest BCUT2D eigenvalue weighted by Crippen LogP contribution is -2.49. The summed E-state index contributed by atoms with van der Waals surface area (Å²) in [5.41, 5.74) is 2.89. The summed E-state index contributed by atoms with van der Waals surface area (Å²) in [6.07, 6.45) is 5.33. The predicted molar refractivity (Wildman–Crippen MR) is 122 cm³/mol. The van der Waals surface area contributed by atoms with Crippen molar-refractivity contribution >= 4 is 23.1 Å². The fraction of sp³-hybridized carbons (Fsp3) is 0.174. The van der Waals surface area contributed by atoms with Crippen LogP contribution in [0.15, 0.2) is 66.4 Å². The molecule has 4 aromatic rings. The number of rotatable bonds is 4. The number of anilines is 1. The Morgan fingerprint density at radius 1 is 1.09 bits per heavy atom. The van der Waals surface area contributed by atoms with Gasteiger partial charge in [-0.15, -0.1) is 11.3 Å². The number of aromatic nitrogens is 4. The molecule has 9 heteroatoms. The van der Waals surface area contributed by atoms with Crippen molar-refractivity contribution in [1.29, 1.82) is 5.26 Å². The average Bonchev–Trinajstić information content (AvgIpc) is 3.54. The number of nitriles is 1. The Morgan fingerprint density at radius 2 is 1.91 bits per heavy atom. The normalized spacial score (nSPS) is 13.7. The summed E-state index contributed by atoms with van der Waals surface area (Å²) in [7, 11) is 0. The van der Waals surface area contributed by atoms with Gasteiger partial charge in [0.1, 0.15) is 16.5 Å². The van der Waals surface area contributed by atoms with Gasteiger partial charge < -0.3 is 9.80 Å². The molecule has 4 heterocycles. The molecule has 32 heavy (non-hydrogen) atoms. The van der Waals surface area contributed by atoms with Crippen molar-refractivity contribution in [1.82, 2.24) is 24.6 Å². The maximum atomic E-state index is 13.0. The van der Waals surface area contributed by atoms with Gasteiger partial charge in [-0.1, -0.05) is 18.2 Å². The Balaban J connectivity index is 1.25. The number of pyridine rings is 1. The van der Waals surface area contributed by atoms with Gasteiger partial charge in [-0.25, -0.2) is 14.6 Å². The third kappa shape index (κ3) is 3.96. The highest BCUT2D eigenvalue weighted by Crippen LogP contribution is 2.25. The first kappa shape index (κ1) is 19.9. The van der Waals surface area contributed by atoms with Gasteiger partial charge in [0.05, 0.1) is 23.5 Å². The molecule has 1 aromatic carbocycles. The van der Waals surface area contributed by atoms with E-state index in [4.69, 9.17) is 5.26 Å². The Hall–Kier alpha value is -4.03. The lowest BCUT2D eigenvalue weighted by molar-refractivity contribution is 0.0741. The zero-order chi connectivity index (χ0) is 21.9. The van der Waals surface area contributed by atoms with Crippen LogP contribution in [-0.4, -0.2) is 56.7 Å². The van der Waals surface area contributed by atoms with E-state index in [0.717, 1.165) is 22.1 Å². The Labute approximate surface area is 189 Å². The summed E-state index contributed by atoms with van der Waals surface area (Å²) >= 11 is 1.44. The maximum absolute atomic E-state index is 13.0. The monoisotopic (exact) mass is 441 g/mol. The minimum atomic E-state index is -0.0682. The maximum Gasteiger partial charge on any atom is 0.273 e. The SMILES string of the molecule is N#Cc1ccnc(N2CCN(C(=O)c3csc(-c4cnn(-c5ccccc5)c4)n3)CC2)c1. The van der Waals surface area contributed by atoms with Crippen LogP contribution in [0.2, 0.25) is 0 Å². The molecular weight excluding hydrogens is 422 g/mol. The van der Waals surface area contributed by atoms with Crippen LogP contribution in [0.25, 0.3) is 16.3 Å². The van der Waals surface area contributed by atoms with Gasteiger partial charge in [0, 0.05) is 49.5 Å². The molecule has 0 bridgehead atoms. The minimum absolute atomic E-state index is 0.0682. The first-order chi connectivity index (χ1) is 15.7. The van der Waals surface area contributed by atoms with Crippen molar-refractivity contribution in [2.24, 2.45) is 0 Å². The van der Waals surface area contributed by atoms with Crippen molar-refractivity contribution in [3.05, 3.63) is 77.7 Å². The van der Waals surface area contributed by atoms with E-state index in [0.29, 0.717) is 37.4 Å². The molecule has 0 aliphatic carbocycles. The first-order valence-corrected chi connectivity index (χ1v) is 11.1. The molecule has 3 aromatic heterocycles. The van der Waals surface area contributed by atoms with E-state index in [9.17, 15) is 4.79 Å². The number of piperazine rings is 1. The zero-order valence-corrected chi connectivity index (χ0v) is 17.9. The van der Waals surface area contributed by atoms with Crippen molar-refractivity contribution in [2.45, 2.75) is 0 Å². The first-order valence-electron chi connectivity index (χ1n) is 10.2. The lowest BCUT2D eigenvalue weighted by Gasteiger charge is -2.35. The van der Waals surface area contributed by atoms with Gasteiger partial charge in [0.25, 0.3) is 5.91 Å². The van der Waals surface area contributed by atoms with Crippen LogP contribution in [0.4, 0.5) is 5.82 Å². The van der Waals surface area contributed by atoms with Crippen LogP contribution in [0, 0.1) is 11.3 Å². The minimum Gasteiger partial charge on any atom is -0.353 e. The Bertz CT molecular complexity index is 1280. The van der Waals surface area contributed by atoms with Crippen molar-refractivity contribution in [2.75, 3.05) is 31.1 Å². The number of thiazole rings is 1. The van der Waals surface area contributed by atoms with Crippen LogP contribution in [0.5, 0.6) is 0 Å². The lowest BCUT2D eigenvalue weighted by atomic mass is 10.2. The van der Waals surface area contributed by atoms with Gasteiger partial charge in [0.2, 0.25) is 0 Å². The molecule has 1 saturated heterocycles. The largest absolute Gasteiger partial charge is 0.353 e. The average molecular weight is 442 g/mol. The fourth-order valence-corrected chi connectivity index (χ4v) is 4.39. The smallest absolute Gasteiger partial charge is 0.273 e. The summed E-state index contributed by atoms with van der Waals surface area (Å²) < 4.78 is 1.80. The number of carbonyl (C=O) groups is 1. The molecule has 5 rings (SSSR count). The van der Waals surface area contributed by atoms with Crippen molar-refractivity contribution in [3.8, 4) is 22.3 Å². The summed E-state index contributed by atoms with van der Waals surface area (Å²) in [5, 5.41) is 16.1. The highest BCUT2D eigenvalue weighted by Gasteiger charge is 2.25. The standard InChI is InChI=1S/C23H19N7OS/c24-13-17-6-7-25-21(12-17)28-8-10-29(11-9-28)23(31)20-16-32-22(27-20)18-14-26-30(15-18)19-4-2-1-3-5-19/h1-7,12,14-16H,8-11H2. The summed E-state index contributed by atoms with van der Waals surface area (Å²) in [4.78, 5) is 25.8. The molecule has 1 aliphatic rings. The number of nitrogens with zero attached hydrogens (tertiary/aromatic N) is 7. The molecular formula is C23H19N7OS. The number of amides is 1. The highest BCUT2D eigenvalue weighted by atomic mass is 32.1. The quantitative estimate of drug-likeness (QED) is 0.483. The third-order valence-electron chi connectivity index (χ3n) is 5.34. The highest BCUT2D eigenvalue weighted by molar-refractivity contribution is 7.13. The van der Waals surface area contributed by atoms with Gasteiger partial charge >= 0.3 is 0 Å². The van der Waals surface area contributed by atoms with E-state index in [1.807, 2.05) is 46.8 Å². The molecule has 1 aliphatic heterocycles. The van der Waals surface area contributed by atoms with Crippen LogP contribution in [0.1, 0.15) is 16.1 Å². The Morgan fingerprint density at radius 3 is 2.69 bits per heavy atom. The van der Waals surface area contributed by atoms with Crippen LogP contribution in [0.3, 0.4) is 0 Å². The topological polar surface area (TPSA) is 90.9 Å².